The second-order valence-corrected chi connectivity index (χ2v) is 6.48. The van der Waals surface area contributed by atoms with Crippen LogP contribution >= 0.6 is 11.3 Å². The van der Waals surface area contributed by atoms with Crippen LogP contribution in [0.15, 0.2) is 29.6 Å². The maximum Gasteiger partial charge on any atom is 0.0469 e. The third-order valence-corrected chi connectivity index (χ3v) is 5.18. The highest BCUT2D eigenvalue weighted by atomic mass is 32.1. The molecule has 1 fully saturated rings. The van der Waals surface area contributed by atoms with Gasteiger partial charge in [-0.3, -0.25) is 0 Å². The lowest BCUT2D eigenvalue weighted by Crippen LogP contribution is -2.32. The van der Waals surface area contributed by atoms with E-state index in [1.165, 1.54) is 34.9 Å². The Morgan fingerprint density at radius 3 is 2.95 bits per heavy atom. The maximum absolute atomic E-state index is 5.54. The van der Waals surface area contributed by atoms with Gasteiger partial charge < -0.3 is 10.1 Å². The van der Waals surface area contributed by atoms with Crippen LogP contribution in [0.1, 0.15) is 37.8 Å². The standard InChI is InChI=1S/C17H23NOS/c1-2-9-18-16(13-6-10-19-11-7-13)15-5-3-4-14-8-12-20-17(14)15/h3-5,8,12-13,16,18H,2,6-7,9-11H2,1H3. The van der Waals surface area contributed by atoms with E-state index in [2.05, 4.69) is 41.9 Å². The quantitative estimate of drug-likeness (QED) is 0.882. The molecule has 0 saturated carbocycles. The molecular weight excluding hydrogens is 266 g/mol. The smallest absolute Gasteiger partial charge is 0.0469 e. The maximum atomic E-state index is 5.54. The molecule has 0 aliphatic carbocycles. The first-order valence-corrected chi connectivity index (χ1v) is 8.55. The zero-order chi connectivity index (χ0) is 13.8. The van der Waals surface area contributed by atoms with Gasteiger partial charge in [-0.05, 0) is 54.1 Å². The summed E-state index contributed by atoms with van der Waals surface area (Å²) >= 11 is 1.87. The van der Waals surface area contributed by atoms with Gasteiger partial charge in [0.1, 0.15) is 0 Å². The van der Waals surface area contributed by atoms with Gasteiger partial charge in [0.05, 0.1) is 0 Å². The Hall–Kier alpha value is -0.900. The first kappa shape index (κ1) is 14.1. The zero-order valence-corrected chi connectivity index (χ0v) is 12.9. The van der Waals surface area contributed by atoms with Crippen LogP contribution in [-0.2, 0) is 4.74 Å². The van der Waals surface area contributed by atoms with Gasteiger partial charge in [0, 0.05) is 24.0 Å². The SMILES string of the molecule is CCCNC(c1cccc2ccsc12)C1CCOCC1. The lowest BCUT2D eigenvalue weighted by molar-refractivity contribution is 0.0538. The fourth-order valence-corrected chi connectivity index (χ4v) is 4.09. The number of thiophene rings is 1. The summed E-state index contributed by atoms with van der Waals surface area (Å²) in [6, 6.07) is 9.42. The van der Waals surface area contributed by atoms with Crippen molar-refractivity contribution in [1.82, 2.24) is 5.32 Å². The van der Waals surface area contributed by atoms with E-state index >= 15 is 0 Å². The number of benzene rings is 1. The molecule has 108 valence electrons. The van der Waals surface area contributed by atoms with Crippen molar-refractivity contribution >= 4 is 21.4 Å². The van der Waals surface area contributed by atoms with Gasteiger partial charge in [0.25, 0.3) is 0 Å². The van der Waals surface area contributed by atoms with Gasteiger partial charge in [-0.25, -0.2) is 0 Å². The van der Waals surface area contributed by atoms with Crippen LogP contribution in [0.5, 0.6) is 0 Å². The predicted octanol–water partition coefficient (Wildman–Crippen LogP) is 4.37. The Morgan fingerprint density at radius 1 is 1.30 bits per heavy atom. The minimum absolute atomic E-state index is 0.473. The molecular formula is C17H23NOS. The molecule has 1 aliphatic heterocycles. The lowest BCUT2D eigenvalue weighted by atomic mass is 9.86. The van der Waals surface area contributed by atoms with E-state index in [-0.39, 0.29) is 0 Å². The van der Waals surface area contributed by atoms with Crippen molar-refractivity contribution in [2.75, 3.05) is 19.8 Å². The highest BCUT2D eigenvalue weighted by molar-refractivity contribution is 7.17. The molecule has 0 amide bonds. The van der Waals surface area contributed by atoms with Gasteiger partial charge in [0.2, 0.25) is 0 Å². The fraction of sp³-hybridized carbons (Fsp3) is 0.529. The second kappa shape index (κ2) is 6.70. The number of hydrogen-bond acceptors (Lipinski definition) is 3. The van der Waals surface area contributed by atoms with Crippen molar-refractivity contribution in [2.24, 2.45) is 5.92 Å². The predicted molar refractivity (Wildman–Crippen MR) is 86.4 cm³/mol. The summed E-state index contributed by atoms with van der Waals surface area (Å²) in [7, 11) is 0. The minimum atomic E-state index is 0.473. The molecule has 1 saturated heterocycles. The molecule has 3 rings (SSSR count). The molecule has 20 heavy (non-hydrogen) atoms. The molecule has 2 nitrogen and oxygen atoms in total. The van der Waals surface area contributed by atoms with Gasteiger partial charge in [-0.1, -0.05) is 25.1 Å². The van der Waals surface area contributed by atoms with Crippen LogP contribution in [0.2, 0.25) is 0 Å². The molecule has 1 aliphatic rings. The Morgan fingerprint density at radius 2 is 2.15 bits per heavy atom. The molecule has 3 heteroatoms. The molecule has 1 aromatic carbocycles. The average Bonchev–Trinajstić information content (AvgIpc) is 2.98. The number of ether oxygens (including phenoxy) is 1. The number of nitrogens with one attached hydrogen (secondary N) is 1. The summed E-state index contributed by atoms with van der Waals surface area (Å²) in [5.41, 5.74) is 1.48. The highest BCUT2D eigenvalue weighted by Gasteiger charge is 2.26. The van der Waals surface area contributed by atoms with Crippen LogP contribution in [0, 0.1) is 5.92 Å². The van der Waals surface area contributed by atoms with E-state index < -0.39 is 0 Å². The van der Waals surface area contributed by atoms with Crippen molar-refractivity contribution in [2.45, 2.75) is 32.2 Å². The van der Waals surface area contributed by atoms with E-state index in [9.17, 15) is 0 Å². The molecule has 2 aromatic rings. The van der Waals surface area contributed by atoms with Crippen LogP contribution in [0.25, 0.3) is 10.1 Å². The van der Waals surface area contributed by atoms with Gasteiger partial charge in [-0.2, -0.15) is 0 Å². The number of fused-ring (bicyclic) bond motifs is 1. The lowest BCUT2D eigenvalue weighted by Gasteiger charge is -2.31. The van der Waals surface area contributed by atoms with E-state index in [1.807, 2.05) is 11.3 Å². The Bertz CT molecular complexity index is 545. The van der Waals surface area contributed by atoms with Gasteiger partial charge >= 0.3 is 0 Å². The van der Waals surface area contributed by atoms with Crippen LogP contribution in [0.3, 0.4) is 0 Å². The van der Waals surface area contributed by atoms with Crippen molar-refractivity contribution < 1.29 is 4.74 Å². The van der Waals surface area contributed by atoms with Crippen LogP contribution in [0.4, 0.5) is 0 Å². The van der Waals surface area contributed by atoms with Crippen LogP contribution in [-0.4, -0.2) is 19.8 Å². The fourth-order valence-electron chi connectivity index (χ4n) is 3.14. The summed E-state index contributed by atoms with van der Waals surface area (Å²) in [6.45, 7) is 5.15. The van der Waals surface area contributed by atoms with Gasteiger partial charge in [0.15, 0.2) is 0 Å². The zero-order valence-electron chi connectivity index (χ0n) is 12.1. The molecule has 1 aromatic heterocycles. The Kier molecular flexibility index (Phi) is 4.71. The largest absolute Gasteiger partial charge is 0.381 e. The summed E-state index contributed by atoms with van der Waals surface area (Å²) in [6.07, 6.45) is 3.52. The third-order valence-electron chi connectivity index (χ3n) is 4.20. The molecule has 1 atom stereocenters. The molecule has 0 bridgehead atoms. The van der Waals surface area contributed by atoms with Gasteiger partial charge in [-0.15, -0.1) is 11.3 Å². The van der Waals surface area contributed by atoms with E-state index in [0.29, 0.717) is 12.0 Å². The van der Waals surface area contributed by atoms with E-state index in [1.54, 1.807) is 0 Å². The summed E-state index contributed by atoms with van der Waals surface area (Å²) < 4.78 is 6.99. The van der Waals surface area contributed by atoms with Crippen LogP contribution < -0.4 is 5.32 Å². The topological polar surface area (TPSA) is 21.3 Å². The number of hydrogen-bond donors (Lipinski definition) is 1. The molecule has 1 unspecified atom stereocenters. The Labute approximate surface area is 125 Å². The van der Waals surface area contributed by atoms with Crippen molar-refractivity contribution in [3.05, 3.63) is 35.2 Å². The summed E-state index contributed by atoms with van der Waals surface area (Å²) in [4.78, 5) is 0. The van der Waals surface area contributed by atoms with E-state index in [4.69, 9.17) is 4.74 Å². The average molecular weight is 289 g/mol. The first-order chi connectivity index (χ1) is 9.90. The molecule has 0 spiro atoms. The first-order valence-electron chi connectivity index (χ1n) is 7.67. The highest BCUT2D eigenvalue weighted by Crippen LogP contribution is 2.36. The normalized spacial score (nSPS) is 18.4. The minimum Gasteiger partial charge on any atom is -0.381 e. The third kappa shape index (κ3) is 2.90. The monoisotopic (exact) mass is 289 g/mol. The van der Waals surface area contributed by atoms with E-state index in [0.717, 1.165) is 19.8 Å². The van der Waals surface area contributed by atoms with Crippen molar-refractivity contribution in [1.29, 1.82) is 0 Å². The molecule has 1 N–H and O–H groups in total. The van der Waals surface area contributed by atoms with Crippen molar-refractivity contribution in [3.8, 4) is 0 Å². The summed E-state index contributed by atoms with van der Waals surface area (Å²) in [5.74, 6) is 0.697. The number of rotatable bonds is 5. The molecule has 0 radical (unpaired) electrons. The molecule has 2 heterocycles. The Balaban J connectivity index is 1.92. The van der Waals surface area contributed by atoms with Crippen molar-refractivity contribution in [3.63, 3.8) is 0 Å². The summed E-state index contributed by atoms with van der Waals surface area (Å²) in [5, 5.41) is 7.37. The second-order valence-electron chi connectivity index (χ2n) is 5.57.